The quantitative estimate of drug-likeness (QED) is 0.742. The Hall–Kier alpha value is -1.32. The highest BCUT2D eigenvalue weighted by molar-refractivity contribution is 5.91. The summed E-state index contributed by atoms with van der Waals surface area (Å²) in [7, 11) is 0. The third-order valence-electron chi connectivity index (χ3n) is 2.28. The maximum Gasteiger partial charge on any atom is 0.290 e. The van der Waals surface area contributed by atoms with Gasteiger partial charge in [-0.25, -0.2) is 0 Å². The molecule has 0 radical (unpaired) electrons. The summed E-state index contributed by atoms with van der Waals surface area (Å²) in [6, 6.07) is 1.97. The topological polar surface area (TPSA) is 55.1 Å². The first-order valence-electron chi connectivity index (χ1n) is 4.41. The highest BCUT2D eigenvalue weighted by Crippen LogP contribution is 2.29. The minimum Gasteiger partial charge on any atom is -0.351 e. The molecular weight excluding hydrogens is 168 g/mol. The molecule has 2 rings (SSSR count). The van der Waals surface area contributed by atoms with Crippen LogP contribution in [-0.2, 0) is 0 Å². The molecule has 0 aromatic carbocycles. The van der Waals surface area contributed by atoms with Gasteiger partial charge in [0.05, 0.1) is 5.69 Å². The lowest BCUT2D eigenvalue weighted by Crippen LogP contribution is -2.26. The monoisotopic (exact) mass is 180 g/mol. The van der Waals surface area contributed by atoms with Crippen molar-refractivity contribution in [2.75, 3.05) is 0 Å². The number of nitrogens with zero attached hydrogens (tertiary/aromatic N) is 1. The average Bonchev–Trinajstić information content (AvgIpc) is 2.62. The Kier molecular flexibility index (Phi) is 1.83. The SMILES string of the molecule is Cc1cc(C(=O)N[C@@H]2C[C@H]2C)on1. The van der Waals surface area contributed by atoms with E-state index in [0.717, 1.165) is 12.1 Å². The fourth-order valence-corrected chi connectivity index (χ4v) is 1.23. The summed E-state index contributed by atoms with van der Waals surface area (Å²) in [6.07, 6.45) is 1.07. The van der Waals surface area contributed by atoms with E-state index < -0.39 is 0 Å². The molecule has 1 aliphatic carbocycles. The van der Waals surface area contributed by atoms with Gasteiger partial charge in [-0.1, -0.05) is 12.1 Å². The van der Waals surface area contributed by atoms with Crippen molar-refractivity contribution in [1.82, 2.24) is 10.5 Å². The molecule has 1 aromatic heterocycles. The molecule has 4 heteroatoms. The van der Waals surface area contributed by atoms with Gasteiger partial charge in [-0.15, -0.1) is 0 Å². The fourth-order valence-electron chi connectivity index (χ4n) is 1.23. The first-order valence-corrected chi connectivity index (χ1v) is 4.41. The van der Waals surface area contributed by atoms with E-state index >= 15 is 0 Å². The van der Waals surface area contributed by atoms with Crippen molar-refractivity contribution in [2.45, 2.75) is 26.3 Å². The van der Waals surface area contributed by atoms with E-state index in [9.17, 15) is 4.79 Å². The number of hydrogen-bond acceptors (Lipinski definition) is 3. The molecule has 2 atom stereocenters. The minimum absolute atomic E-state index is 0.157. The number of carbonyl (C=O) groups excluding carboxylic acids is 1. The molecule has 1 amide bonds. The van der Waals surface area contributed by atoms with Gasteiger partial charge in [0.25, 0.3) is 5.91 Å². The Morgan fingerprint density at radius 1 is 1.77 bits per heavy atom. The van der Waals surface area contributed by atoms with Crippen LogP contribution in [-0.4, -0.2) is 17.1 Å². The van der Waals surface area contributed by atoms with Gasteiger partial charge in [0.1, 0.15) is 0 Å². The van der Waals surface area contributed by atoms with Gasteiger partial charge in [0.2, 0.25) is 5.76 Å². The Bertz CT molecular complexity index is 332. The van der Waals surface area contributed by atoms with E-state index in [1.165, 1.54) is 0 Å². The predicted octanol–water partition coefficient (Wildman–Crippen LogP) is 1.12. The Labute approximate surface area is 76.3 Å². The largest absolute Gasteiger partial charge is 0.351 e. The minimum atomic E-state index is -0.157. The van der Waals surface area contributed by atoms with Crippen LogP contribution in [0.2, 0.25) is 0 Å². The summed E-state index contributed by atoms with van der Waals surface area (Å²) in [5.41, 5.74) is 0.731. The second-order valence-electron chi connectivity index (χ2n) is 3.63. The van der Waals surface area contributed by atoms with Gasteiger partial charge in [0, 0.05) is 12.1 Å². The van der Waals surface area contributed by atoms with Gasteiger partial charge in [0.15, 0.2) is 0 Å². The first kappa shape index (κ1) is 8.29. The molecule has 0 unspecified atom stereocenters. The van der Waals surface area contributed by atoms with Crippen molar-refractivity contribution in [3.8, 4) is 0 Å². The molecule has 13 heavy (non-hydrogen) atoms. The predicted molar refractivity (Wildman–Crippen MR) is 46.3 cm³/mol. The standard InChI is InChI=1S/C9H12N2O2/c1-5-3-7(5)10-9(12)8-4-6(2)11-13-8/h4-5,7H,3H2,1-2H3,(H,10,12)/t5-,7-/m1/s1. The number of carbonyl (C=O) groups is 1. The highest BCUT2D eigenvalue weighted by atomic mass is 16.5. The van der Waals surface area contributed by atoms with Crippen molar-refractivity contribution in [2.24, 2.45) is 5.92 Å². The van der Waals surface area contributed by atoms with Crippen LogP contribution in [0.4, 0.5) is 0 Å². The van der Waals surface area contributed by atoms with E-state index in [0.29, 0.717) is 17.7 Å². The van der Waals surface area contributed by atoms with Crippen LogP contribution >= 0.6 is 0 Å². The normalized spacial score (nSPS) is 25.7. The van der Waals surface area contributed by atoms with Gasteiger partial charge in [-0.3, -0.25) is 4.79 Å². The van der Waals surface area contributed by atoms with Crippen LogP contribution in [0.5, 0.6) is 0 Å². The van der Waals surface area contributed by atoms with Gasteiger partial charge in [-0.2, -0.15) is 0 Å². The molecule has 1 saturated carbocycles. The molecule has 1 aromatic rings. The van der Waals surface area contributed by atoms with E-state index in [1.54, 1.807) is 13.0 Å². The Morgan fingerprint density at radius 3 is 2.92 bits per heavy atom. The van der Waals surface area contributed by atoms with Crippen LogP contribution in [0, 0.1) is 12.8 Å². The first-order chi connectivity index (χ1) is 6.16. The summed E-state index contributed by atoms with van der Waals surface area (Å²) < 4.78 is 4.83. The highest BCUT2D eigenvalue weighted by Gasteiger charge is 2.34. The molecule has 1 heterocycles. The summed E-state index contributed by atoms with van der Waals surface area (Å²) in [4.78, 5) is 11.4. The summed E-state index contributed by atoms with van der Waals surface area (Å²) in [5, 5.41) is 6.51. The molecule has 1 fully saturated rings. The second kappa shape index (κ2) is 2.87. The van der Waals surface area contributed by atoms with Crippen LogP contribution in [0.15, 0.2) is 10.6 Å². The van der Waals surface area contributed by atoms with E-state index in [4.69, 9.17) is 4.52 Å². The number of nitrogens with one attached hydrogen (secondary N) is 1. The third-order valence-corrected chi connectivity index (χ3v) is 2.28. The number of amides is 1. The Balaban J connectivity index is 1.97. The number of hydrogen-bond donors (Lipinski definition) is 1. The molecule has 1 N–H and O–H groups in total. The fraction of sp³-hybridized carbons (Fsp3) is 0.556. The zero-order valence-corrected chi connectivity index (χ0v) is 7.70. The van der Waals surface area contributed by atoms with Gasteiger partial charge >= 0.3 is 0 Å². The maximum atomic E-state index is 11.4. The van der Waals surface area contributed by atoms with Crippen LogP contribution in [0.25, 0.3) is 0 Å². The lowest BCUT2D eigenvalue weighted by Gasteiger charge is -1.97. The zero-order chi connectivity index (χ0) is 9.42. The molecular formula is C9H12N2O2. The summed E-state index contributed by atoms with van der Waals surface area (Å²) in [6.45, 7) is 3.90. The summed E-state index contributed by atoms with van der Waals surface area (Å²) in [5.74, 6) is 0.750. The second-order valence-corrected chi connectivity index (χ2v) is 3.63. The smallest absolute Gasteiger partial charge is 0.290 e. The molecule has 0 bridgehead atoms. The lowest BCUT2D eigenvalue weighted by molar-refractivity contribution is 0.0912. The van der Waals surface area contributed by atoms with Gasteiger partial charge < -0.3 is 9.84 Å². The van der Waals surface area contributed by atoms with E-state index in [1.807, 2.05) is 0 Å². The van der Waals surface area contributed by atoms with Crippen molar-refractivity contribution in [3.63, 3.8) is 0 Å². The zero-order valence-electron chi connectivity index (χ0n) is 7.70. The van der Waals surface area contributed by atoms with E-state index in [-0.39, 0.29) is 5.91 Å². The summed E-state index contributed by atoms with van der Waals surface area (Å²) >= 11 is 0. The maximum absolute atomic E-state index is 11.4. The van der Waals surface area contributed by atoms with Crippen molar-refractivity contribution < 1.29 is 9.32 Å². The van der Waals surface area contributed by atoms with Crippen LogP contribution in [0.3, 0.4) is 0 Å². The van der Waals surface area contributed by atoms with Crippen molar-refractivity contribution in [1.29, 1.82) is 0 Å². The molecule has 70 valence electrons. The Morgan fingerprint density at radius 2 is 2.46 bits per heavy atom. The van der Waals surface area contributed by atoms with Crippen LogP contribution in [0.1, 0.15) is 29.6 Å². The van der Waals surface area contributed by atoms with Crippen molar-refractivity contribution in [3.05, 3.63) is 17.5 Å². The van der Waals surface area contributed by atoms with E-state index in [2.05, 4.69) is 17.4 Å². The average molecular weight is 180 g/mol. The molecule has 0 spiro atoms. The number of rotatable bonds is 2. The number of aromatic nitrogens is 1. The molecule has 1 aliphatic rings. The molecule has 0 aliphatic heterocycles. The lowest BCUT2D eigenvalue weighted by atomic mass is 10.3. The van der Waals surface area contributed by atoms with Crippen LogP contribution < -0.4 is 5.32 Å². The third kappa shape index (κ3) is 1.71. The molecule has 4 nitrogen and oxygen atoms in total. The molecule has 0 saturated heterocycles. The van der Waals surface area contributed by atoms with Gasteiger partial charge in [-0.05, 0) is 19.3 Å². The number of aryl methyl sites for hydroxylation is 1. The van der Waals surface area contributed by atoms with Crippen molar-refractivity contribution >= 4 is 5.91 Å².